The Kier molecular flexibility index (Phi) is 30.4. The molecule has 0 aliphatic heterocycles. The molecule has 0 nitrogen and oxygen atoms in total. The molecule has 0 aromatic heterocycles. The van der Waals surface area contributed by atoms with Gasteiger partial charge in [0.15, 0.2) is 0 Å². The van der Waals surface area contributed by atoms with Gasteiger partial charge < -0.3 is 0 Å². The predicted octanol–water partition coefficient (Wildman–Crippen LogP) is 17.6. The maximum absolute atomic E-state index is 2.55. The summed E-state index contributed by atoms with van der Waals surface area (Å²) in [5, 5.41) is 0. The molecule has 0 aromatic carbocycles. The van der Waals surface area contributed by atoms with E-state index in [2.05, 4.69) is 27.7 Å². The first-order valence-electron chi connectivity index (χ1n) is 23.5. The van der Waals surface area contributed by atoms with E-state index in [0.717, 1.165) is 47.3 Å². The van der Waals surface area contributed by atoms with Crippen LogP contribution in [0.4, 0.5) is 0 Å². The van der Waals surface area contributed by atoms with Gasteiger partial charge in [0.2, 0.25) is 0 Å². The largest absolute Gasteiger partial charge is 0.0683 e. The van der Waals surface area contributed by atoms with E-state index in [0.29, 0.717) is 0 Å². The Hall–Kier alpha value is 0. The Bertz CT molecular complexity index is 620. The lowest BCUT2D eigenvalue weighted by molar-refractivity contribution is 0.153. The van der Waals surface area contributed by atoms with Crippen molar-refractivity contribution in [2.45, 2.75) is 261 Å². The fraction of sp³-hybridized carbons (Fsp3) is 1.00. The lowest BCUT2D eigenvalue weighted by Crippen LogP contribution is -2.24. The van der Waals surface area contributed by atoms with Crippen molar-refractivity contribution in [1.29, 1.82) is 0 Å². The fourth-order valence-corrected chi connectivity index (χ4v) is 9.65. The second kappa shape index (κ2) is 31.7. The number of hydrogen-bond acceptors (Lipinski definition) is 0. The molecule has 48 heavy (non-hydrogen) atoms. The molecule has 288 valence electrons. The third-order valence-electron chi connectivity index (χ3n) is 13.5. The van der Waals surface area contributed by atoms with Gasteiger partial charge in [0.1, 0.15) is 0 Å². The van der Waals surface area contributed by atoms with Crippen LogP contribution in [0.1, 0.15) is 261 Å². The Morgan fingerprint density at radius 2 is 0.562 bits per heavy atom. The van der Waals surface area contributed by atoms with Gasteiger partial charge in [0, 0.05) is 0 Å². The van der Waals surface area contributed by atoms with Gasteiger partial charge in [-0.2, -0.15) is 0 Å². The molecule has 3 unspecified atom stereocenters. The molecule has 0 spiro atoms. The van der Waals surface area contributed by atoms with E-state index >= 15 is 0 Å². The Labute approximate surface area is 307 Å². The van der Waals surface area contributed by atoms with Crippen LogP contribution in [-0.4, -0.2) is 0 Å². The van der Waals surface area contributed by atoms with E-state index in [1.165, 1.54) is 161 Å². The predicted molar refractivity (Wildman–Crippen MR) is 221 cm³/mol. The minimum absolute atomic E-state index is 1.00. The van der Waals surface area contributed by atoms with Crippen molar-refractivity contribution in [3.05, 3.63) is 0 Å². The van der Waals surface area contributed by atoms with Gasteiger partial charge in [0.25, 0.3) is 0 Å². The molecule has 0 heterocycles. The zero-order chi connectivity index (χ0) is 35.2. The first-order chi connectivity index (χ1) is 23.5. The summed E-state index contributed by atoms with van der Waals surface area (Å²) < 4.78 is 0. The van der Waals surface area contributed by atoms with Gasteiger partial charge in [0.05, 0.1) is 0 Å². The molecular formula is C48H96. The quantitative estimate of drug-likeness (QED) is 0.274. The van der Waals surface area contributed by atoms with E-state index in [4.69, 9.17) is 0 Å². The first kappa shape index (κ1) is 46.0. The summed E-state index contributed by atoms with van der Waals surface area (Å²) >= 11 is 0. The topological polar surface area (TPSA) is 0 Å². The van der Waals surface area contributed by atoms with E-state index in [1.54, 1.807) is 44.9 Å². The molecule has 6 aliphatic carbocycles. The minimum atomic E-state index is 1.00. The van der Waals surface area contributed by atoms with Gasteiger partial charge in [-0.25, -0.2) is 0 Å². The molecule has 6 saturated carbocycles. The highest BCUT2D eigenvalue weighted by Gasteiger charge is 2.29. The summed E-state index contributed by atoms with van der Waals surface area (Å²) in [6.45, 7) is 17.9. The highest BCUT2D eigenvalue weighted by Crippen LogP contribution is 2.41. The minimum Gasteiger partial charge on any atom is -0.0683 e. The van der Waals surface area contributed by atoms with Crippen LogP contribution in [0.25, 0.3) is 0 Å². The fourth-order valence-electron chi connectivity index (χ4n) is 9.65. The summed E-state index contributed by atoms with van der Waals surface area (Å²) in [7, 11) is 0. The zero-order valence-corrected chi connectivity index (χ0v) is 35.2. The van der Waals surface area contributed by atoms with Crippen molar-refractivity contribution >= 4 is 0 Å². The summed E-state index contributed by atoms with van der Waals surface area (Å²) in [6.07, 6.45) is 48.4. The average molecular weight is 673 g/mol. The molecule has 6 rings (SSSR count). The van der Waals surface area contributed by atoms with E-state index in [9.17, 15) is 0 Å². The molecule has 0 heteroatoms. The van der Waals surface area contributed by atoms with Crippen LogP contribution in [0.5, 0.6) is 0 Å². The highest BCUT2D eigenvalue weighted by atomic mass is 14.3. The van der Waals surface area contributed by atoms with Crippen LogP contribution in [0.15, 0.2) is 0 Å². The maximum Gasteiger partial charge on any atom is -0.0360 e. The molecule has 0 saturated heterocycles. The summed E-state index contributed by atoms with van der Waals surface area (Å²) in [6, 6.07) is 0. The van der Waals surface area contributed by atoms with Gasteiger partial charge >= 0.3 is 0 Å². The number of hydrogen-bond donors (Lipinski definition) is 0. The Morgan fingerprint density at radius 1 is 0.250 bits per heavy atom. The van der Waals surface area contributed by atoms with Gasteiger partial charge in [-0.05, 0) is 60.2 Å². The number of rotatable bonds is 2. The molecule has 0 N–H and O–H groups in total. The SMILES string of the molecule is C1CCC1.CC.CC.CC1CCCC(C2CCCCCC[C@H]2C)CCC1.CC1CCCCCC(C2CCC2)C1.CC1CCCCCCC1. The molecular weight excluding hydrogens is 577 g/mol. The van der Waals surface area contributed by atoms with Crippen molar-refractivity contribution in [2.75, 3.05) is 0 Å². The van der Waals surface area contributed by atoms with Crippen LogP contribution in [0.3, 0.4) is 0 Å². The standard InChI is InChI=1S/C18H34.C13H24.C9H18.C4H8.2C2H6/c1-15-9-7-12-17(13-8-10-15)18-14-6-4-3-5-11-16(18)2;1-11-6-3-2-4-7-13(10-11)12-8-5-9-12;1-9-7-5-3-2-4-6-8-9;1-2-4-3-1;2*1-2/h15-18H,3-14H2,1-2H3;11-13H,2-10H2,1H3;9H,2-8H2,1H3;1-4H2;2*1-2H3/t15?,16-,17?,18?;;;;;/m1...../s1. The molecule has 0 amide bonds. The van der Waals surface area contributed by atoms with Crippen molar-refractivity contribution in [2.24, 2.45) is 47.3 Å². The second-order valence-electron chi connectivity index (χ2n) is 17.7. The third kappa shape index (κ3) is 22.0. The van der Waals surface area contributed by atoms with E-state index in [-0.39, 0.29) is 0 Å². The van der Waals surface area contributed by atoms with E-state index < -0.39 is 0 Å². The molecule has 0 bridgehead atoms. The first-order valence-corrected chi connectivity index (χ1v) is 23.5. The Balaban J connectivity index is 0.000000336. The summed E-state index contributed by atoms with van der Waals surface area (Å²) in [4.78, 5) is 0. The van der Waals surface area contributed by atoms with Crippen molar-refractivity contribution < 1.29 is 0 Å². The van der Waals surface area contributed by atoms with Crippen LogP contribution >= 0.6 is 0 Å². The normalized spacial score (nSPS) is 32.2. The maximum atomic E-state index is 2.55. The highest BCUT2D eigenvalue weighted by molar-refractivity contribution is 4.81. The van der Waals surface area contributed by atoms with Crippen molar-refractivity contribution in [3.8, 4) is 0 Å². The monoisotopic (exact) mass is 673 g/mol. The zero-order valence-electron chi connectivity index (χ0n) is 35.2. The smallest absolute Gasteiger partial charge is 0.0360 e. The van der Waals surface area contributed by atoms with Crippen LogP contribution in [0, 0.1) is 47.3 Å². The van der Waals surface area contributed by atoms with Gasteiger partial charge in [-0.15, -0.1) is 0 Å². The van der Waals surface area contributed by atoms with Crippen LogP contribution < -0.4 is 0 Å². The summed E-state index contributed by atoms with van der Waals surface area (Å²) in [5.41, 5.74) is 0. The van der Waals surface area contributed by atoms with Crippen LogP contribution in [0.2, 0.25) is 0 Å². The van der Waals surface area contributed by atoms with Crippen molar-refractivity contribution in [3.63, 3.8) is 0 Å². The van der Waals surface area contributed by atoms with Gasteiger partial charge in [-0.3, -0.25) is 0 Å². The molecule has 6 fully saturated rings. The molecule has 0 radical (unpaired) electrons. The second-order valence-corrected chi connectivity index (χ2v) is 17.7. The average Bonchev–Trinajstić information content (AvgIpc) is 2.99. The van der Waals surface area contributed by atoms with Gasteiger partial charge in [-0.1, -0.05) is 248 Å². The Morgan fingerprint density at radius 3 is 1.04 bits per heavy atom. The summed E-state index contributed by atoms with van der Waals surface area (Å²) in [5.74, 6) is 8.44. The lowest BCUT2D eigenvalue weighted by atomic mass is 9.69. The third-order valence-corrected chi connectivity index (χ3v) is 13.5. The van der Waals surface area contributed by atoms with Crippen molar-refractivity contribution in [1.82, 2.24) is 0 Å². The van der Waals surface area contributed by atoms with E-state index in [1.807, 2.05) is 27.7 Å². The molecule has 4 atom stereocenters. The molecule has 0 aromatic rings. The van der Waals surface area contributed by atoms with Crippen LogP contribution in [-0.2, 0) is 0 Å². The molecule has 6 aliphatic rings. The lowest BCUT2D eigenvalue weighted by Gasteiger charge is -2.36.